The van der Waals surface area contributed by atoms with Crippen molar-refractivity contribution in [1.29, 1.82) is 0 Å². The van der Waals surface area contributed by atoms with E-state index in [9.17, 15) is 0 Å². The molecule has 1 nitrogen and oxygen atoms in total. The Morgan fingerprint density at radius 2 is 2.23 bits per heavy atom. The van der Waals surface area contributed by atoms with Crippen LogP contribution < -0.4 is 5.73 Å². The molecular formula is C11H20ClN. The van der Waals surface area contributed by atoms with Gasteiger partial charge in [0.1, 0.15) is 0 Å². The lowest BCUT2D eigenvalue weighted by molar-refractivity contribution is -0.00797. The summed E-state index contributed by atoms with van der Waals surface area (Å²) in [5.74, 6) is 1.82. The molecule has 2 atom stereocenters. The van der Waals surface area contributed by atoms with Crippen LogP contribution in [0.15, 0.2) is 11.6 Å². The molecule has 76 valence electrons. The SMILES string of the molecule is CC1(C)[C@H]2CC=C(CCN)[C@@H]1C2.Cl. The third kappa shape index (κ3) is 1.53. The first kappa shape index (κ1) is 11.1. The van der Waals surface area contributed by atoms with Crippen molar-refractivity contribution in [3.05, 3.63) is 11.6 Å². The molecule has 2 bridgehead atoms. The predicted octanol–water partition coefficient (Wildman–Crippen LogP) is 2.75. The Hall–Kier alpha value is -0.0100. The van der Waals surface area contributed by atoms with Gasteiger partial charge in [0.2, 0.25) is 0 Å². The third-order valence-electron chi connectivity index (χ3n) is 4.02. The zero-order valence-corrected chi connectivity index (χ0v) is 9.36. The summed E-state index contributed by atoms with van der Waals surface area (Å²) in [6.45, 7) is 5.65. The van der Waals surface area contributed by atoms with Crippen LogP contribution in [0.4, 0.5) is 0 Å². The molecule has 13 heavy (non-hydrogen) atoms. The minimum absolute atomic E-state index is 0. The maximum Gasteiger partial charge on any atom is -0.00398 e. The van der Waals surface area contributed by atoms with E-state index in [2.05, 4.69) is 19.9 Å². The third-order valence-corrected chi connectivity index (χ3v) is 4.02. The molecule has 2 N–H and O–H groups in total. The van der Waals surface area contributed by atoms with E-state index in [0.29, 0.717) is 5.41 Å². The number of hydrogen-bond acceptors (Lipinski definition) is 1. The summed E-state index contributed by atoms with van der Waals surface area (Å²) in [7, 11) is 0. The summed E-state index contributed by atoms with van der Waals surface area (Å²) in [5.41, 5.74) is 7.81. The van der Waals surface area contributed by atoms with Crippen LogP contribution in [0.3, 0.4) is 0 Å². The number of hydrogen-bond donors (Lipinski definition) is 1. The predicted molar refractivity (Wildman–Crippen MR) is 59.0 cm³/mol. The van der Waals surface area contributed by atoms with E-state index in [0.717, 1.165) is 24.8 Å². The van der Waals surface area contributed by atoms with Crippen LogP contribution in [-0.2, 0) is 0 Å². The Kier molecular flexibility index (Phi) is 3.09. The molecule has 0 saturated heterocycles. The first-order valence-corrected chi connectivity index (χ1v) is 5.05. The number of fused-ring (bicyclic) bond motifs is 1. The highest BCUT2D eigenvalue weighted by molar-refractivity contribution is 5.85. The van der Waals surface area contributed by atoms with Gasteiger partial charge in [0.25, 0.3) is 0 Å². The van der Waals surface area contributed by atoms with E-state index in [-0.39, 0.29) is 12.4 Å². The van der Waals surface area contributed by atoms with Crippen LogP contribution in [0.5, 0.6) is 0 Å². The molecule has 0 aromatic heterocycles. The standard InChI is InChI=1S/C11H19N.ClH/c1-11(2)9-4-3-8(5-6-12)10(11)7-9;/h3,9-10H,4-7,12H2,1-2H3;1H/t9-,10-;/m0./s1. The molecule has 0 unspecified atom stereocenters. The van der Waals surface area contributed by atoms with E-state index < -0.39 is 0 Å². The van der Waals surface area contributed by atoms with E-state index >= 15 is 0 Å². The fourth-order valence-electron chi connectivity index (χ4n) is 2.92. The maximum absolute atomic E-state index is 5.59. The summed E-state index contributed by atoms with van der Waals surface area (Å²) in [4.78, 5) is 0. The van der Waals surface area contributed by atoms with Gasteiger partial charge in [0, 0.05) is 0 Å². The van der Waals surface area contributed by atoms with Crippen LogP contribution in [0, 0.1) is 17.3 Å². The minimum atomic E-state index is 0. The zero-order valence-electron chi connectivity index (χ0n) is 8.55. The zero-order chi connectivity index (χ0) is 8.77. The molecule has 1 fully saturated rings. The van der Waals surface area contributed by atoms with Gasteiger partial charge in [-0.25, -0.2) is 0 Å². The van der Waals surface area contributed by atoms with E-state index in [1.165, 1.54) is 12.8 Å². The van der Waals surface area contributed by atoms with Crippen molar-refractivity contribution in [2.24, 2.45) is 23.0 Å². The van der Waals surface area contributed by atoms with E-state index in [1.54, 1.807) is 5.57 Å². The number of rotatable bonds is 2. The van der Waals surface area contributed by atoms with E-state index in [1.807, 2.05) is 0 Å². The number of allylic oxidation sites excluding steroid dienone is 1. The minimum Gasteiger partial charge on any atom is -0.330 e. The Labute approximate surface area is 87.2 Å². The fraction of sp³-hybridized carbons (Fsp3) is 0.818. The molecule has 0 amide bonds. The number of nitrogens with two attached hydrogens (primary N) is 1. The van der Waals surface area contributed by atoms with Gasteiger partial charge in [0.15, 0.2) is 0 Å². The van der Waals surface area contributed by atoms with Gasteiger partial charge in [-0.1, -0.05) is 25.5 Å². The second kappa shape index (κ2) is 3.62. The van der Waals surface area contributed by atoms with Gasteiger partial charge in [-0.3, -0.25) is 0 Å². The Balaban J connectivity index is 0.000000845. The van der Waals surface area contributed by atoms with Crippen molar-refractivity contribution in [2.75, 3.05) is 6.54 Å². The quantitative estimate of drug-likeness (QED) is 0.684. The highest BCUT2D eigenvalue weighted by atomic mass is 35.5. The summed E-state index contributed by atoms with van der Waals surface area (Å²) in [6, 6.07) is 0. The van der Waals surface area contributed by atoms with Crippen LogP contribution in [-0.4, -0.2) is 6.54 Å². The molecule has 0 aromatic carbocycles. The molecular weight excluding hydrogens is 182 g/mol. The molecule has 1 saturated carbocycles. The van der Waals surface area contributed by atoms with Gasteiger partial charge in [0.05, 0.1) is 0 Å². The lowest BCUT2D eigenvalue weighted by atomic mass is 9.48. The van der Waals surface area contributed by atoms with Crippen LogP contribution >= 0.6 is 12.4 Å². The number of halogens is 1. The van der Waals surface area contributed by atoms with Crippen LogP contribution in [0.2, 0.25) is 0 Å². The monoisotopic (exact) mass is 201 g/mol. The first-order chi connectivity index (χ1) is 5.66. The van der Waals surface area contributed by atoms with Crippen molar-refractivity contribution in [1.82, 2.24) is 0 Å². The van der Waals surface area contributed by atoms with Gasteiger partial charge in [-0.2, -0.15) is 0 Å². The Morgan fingerprint density at radius 3 is 2.69 bits per heavy atom. The smallest absolute Gasteiger partial charge is 0.00398 e. The van der Waals surface area contributed by atoms with E-state index in [4.69, 9.17) is 5.73 Å². The second-order valence-electron chi connectivity index (χ2n) is 4.86. The Morgan fingerprint density at radius 1 is 1.54 bits per heavy atom. The molecule has 0 aromatic rings. The van der Waals surface area contributed by atoms with Gasteiger partial charge in [-0.05, 0) is 43.1 Å². The van der Waals surface area contributed by atoms with Gasteiger partial charge < -0.3 is 5.73 Å². The topological polar surface area (TPSA) is 26.0 Å². The first-order valence-electron chi connectivity index (χ1n) is 5.05. The highest BCUT2D eigenvalue weighted by Crippen LogP contribution is 2.59. The molecule has 0 aliphatic heterocycles. The molecule has 0 heterocycles. The molecule has 2 heteroatoms. The molecule has 3 aliphatic carbocycles. The maximum atomic E-state index is 5.59. The largest absolute Gasteiger partial charge is 0.330 e. The summed E-state index contributed by atoms with van der Waals surface area (Å²) in [5, 5.41) is 0. The molecule has 0 radical (unpaired) electrons. The average molecular weight is 202 g/mol. The van der Waals surface area contributed by atoms with Gasteiger partial charge in [-0.15, -0.1) is 12.4 Å². The summed E-state index contributed by atoms with van der Waals surface area (Å²) in [6.07, 6.45) is 6.30. The molecule has 3 aliphatic rings. The normalized spacial score (nSPS) is 34.2. The summed E-state index contributed by atoms with van der Waals surface area (Å²) < 4.78 is 0. The lowest BCUT2D eigenvalue weighted by Gasteiger charge is -2.56. The Bertz CT molecular complexity index is 220. The van der Waals surface area contributed by atoms with Crippen LogP contribution in [0.1, 0.15) is 33.1 Å². The average Bonchev–Trinajstić information content (AvgIpc) is 2.05. The van der Waals surface area contributed by atoms with Crippen molar-refractivity contribution in [3.8, 4) is 0 Å². The van der Waals surface area contributed by atoms with Gasteiger partial charge >= 0.3 is 0 Å². The van der Waals surface area contributed by atoms with Crippen LogP contribution in [0.25, 0.3) is 0 Å². The van der Waals surface area contributed by atoms with Crippen molar-refractivity contribution in [3.63, 3.8) is 0 Å². The molecule has 3 rings (SSSR count). The lowest BCUT2D eigenvalue weighted by Crippen LogP contribution is -2.48. The molecule has 0 spiro atoms. The summed E-state index contributed by atoms with van der Waals surface area (Å²) >= 11 is 0. The fourth-order valence-corrected chi connectivity index (χ4v) is 2.92. The van der Waals surface area contributed by atoms with Crippen molar-refractivity contribution >= 4 is 12.4 Å². The second-order valence-corrected chi connectivity index (χ2v) is 4.86. The van der Waals surface area contributed by atoms with Crippen molar-refractivity contribution in [2.45, 2.75) is 33.1 Å². The highest BCUT2D eigenvalue weighted by Gasteiger charge is 2.50. The van der Waals surface area contributed by atoms with Crippen molar-refractivity contribution < 1.29 is 0 Å².